The first kappa shape index (κ1) is 15.8. The highest BCUT2D eigenvalue weighted by Gasteiger charge is 2.25. The summed E-state index contributed by atoms with van der Waals surface area (Å²) in [5.41, 5.74) is 0.928. The van der Waals surface area contributed by atoms with Crippen molar-refractivity contribution in [2.24, 2.45) is 0 Å². The summed E-state index contributed by atoms with van der Waals surface area (Å²) in [6, 6.07) is 13.2. The lowest BCUT2D eigenvalue weighted by atomic mass is 10.1. The zero-order valence-corrected chi connectivity index (χ0v) is 13.3. The van der Waals surface area contributed by atoms with Crippen LogP contribution in [0.25, 0.3) is 0 Å². The molecule has 1 amide bonds. The lowest BCUT2D eigenvalue weighted by Crippen LogP contribution is -2.49. The van der Waals surface area contributed by atoms with E-state index < -0.39 is 6.10 Å². The number of piperazine rings is 1. The van der Waals surface area contributed by atoms with Crippen LogP contribution >= 0.6 is 0 Å². The highest BCUT2D eigenvalue weighted by atomic mass is 16.3. The molecule has 1 N–H and O–H groups in total. The number of nitrogens with zero attached hydrogens (tertiary/aromatic N) is 2. The third-order valence-corrected chi connectivity index (χ3v) is 4.23. The molecule has 0 bridgehead atoms. The number of β-amino-alcohol motifs (C(OH)–C–C–N with tert-alkyl or cyclic N) is 1. The van der Waals surface area contributed by atoms with E-state index in [1.165, 1.54) is 0 Å². The number of carbonyl (C=O) groups excluding carboxylic acids is 1. The van der Waals surface area contributed by atoms with E-state index in [9.17, 15) is 9.90 Å². The Morgan fingerprint density at radius 2 is 1.83 bits per heavy atom. The monoisotopic (exact) mass is 314 g/mol. The molecule has 0 radical (unpaired) electrons. The van der Waals surface area contributed by atoms with E-state index in [1.807, 2.05) is 42.2 Å². The minimum atomic E-state index is -0.494. The summed E-state index contributed by atoms with van der Waals surface area (Å²) in [6.45, 7) is 5.25. The number of hydrogen-bond donors (Lipinski definition) is 1. The number of furan rings is 1. The zero-order valence-electron chi connectivity index (χ0n) is 13.3. The molecule has 1 saturated heterocycles. The predicted molar refractivity (Wildman–Crippen MR) is 87.2 cm³/mol. The summed E-state index contributed by atoms with van der Waals surface area (Å²) in [5, 5.41) is 10.3. The van der Waals surface area contributed by atoms with Gasteiger partial charge in [0.25, 0.3) is 5.91 Å². The third-order valence-electron chi connectivity index (χ3n) is 4.23. The highest BCUT2D eigenvalue weighted by Crippen LogP contribution is 2.16. The van der Waals surface area contributed by atoms with E-state index in [2.05, 4.69) is 4.90 Å². The van der Waals surface area contributed by atoms with Crippen LogP contribution in [0.3, 0.4) is 0 Å². The second-order valence-electron chi connectivity index (χ2n) is 5.93. The van der Waals surface area contributed by atoms with Gasteiger partial charge in [0.15, 0.2) is 5.76 Å². The third kappa shape index (κ3) is 3.81. The molecule has 23 heavy (non-hydrogen) atoms. The van der Waals surface area contributed by atoms with Crippen molar-refractivity contribution < 1.29 is 14.3 Å². The van der Waals surface area contributed by atoms with Gasteiger partial charge in [0.05, 0.1) is 6.10 Å². The van der Waals surface area contributed by atoms with Crippen LogP contribution < -0.4 is 0 Å². The first-order valence-electron chi connectivity index (χ1n) is 7.94. The van der Waals surface area contributed by atoms with Gasteiger partial charge in [-0.25, -0.2) is 0 Å². The fourth-order valence-electron chi connectivity index (χ4n) is 2.86. The molecule has 2 heterocycles. The Morgan fingerprint density at radius 1 is 1.13 bits per heavy atom. The van der Waals surface area contributed by atoms with E-state index in [4.69, 9.17) is 4.42 Å². The molecule has 1 fully saturated rings. The molecule has 1 aliphatic rings. The van der Waals surface area contributed by atoms with Gasteiger partial charge in [0.1, 0.15) is 5.76 Å². The number of amides is 1. The van der Waals surface area contributed by atoms with E-state index in [0.717, 1.165) is 24.4 Å². The largest absolute Gasteiger partial charge is 0.456 e. The van der Waals surface area contributed by atoms with Gasteiger partial charge in [-0.05, 0) is 24.6 Å². The highest BCUT2D eigenvalue weighted by molar-refractivity contribution is 5.91. The lowest BCUT2D eigenvalue weighted by molar-refractivity contribution is 0.0502. The second-order valence-corrected chi connectivity index (χ2v) is 5.93. The standard InChI is InChI=1S/C18H22N2O3/c1-14-7-8-17(23-14)18(22)20-11-9-19(10-12-20)13-16(21)15-5-3-2-4-6-15/h2-8,16,21H,9-13H2,1H3. The van der Waals surface area contributed by atoms with Crippen LogP contribution in [0, 0.1) is 6.92 Å². The molecule has 0 aliphatic carbocycles. The predicted octanol–water partition coefficient (Wildman–Crippen LogP) is 2.08. The smallest absolute Gasteiger partial charge is 0.289 e. The van der Waals surface area contributed by atoms with Crippen molar-refractivity contribution in [1.29, 1.82) is 0 Å². The first-order valence-corrected chi connectivity index (χ1v) is 7.94. The van der Waals surface area contributed by atoms with Gasteiger partial charge in [-0.3, -0.25) is 9.69 Å². The second kappa shape index (κ2) is 6.98. The molecule has 0 spiro atoms. The quantitative estimate of drug-likeness (QED) is 0.939. The van der Waals surface area contributed by atoms with Crippen LogP contribution in [0.4, 0.5) is 0 Å². The Hall–Kier alpha value is -2.11. The summed E-state index contributed by atoms with van der Waals surface area (Å²) in [5.74, 6) is 1.10. The molecular weight excluding hydrogens is 292 g/mol. The molecule has 1 unspecified atom stereocenters. The molecule has 1 aliphatic heterocycles. The maximum absolute atomic E-state index is 12.3. The van der Waals surface area contributed by atoms with Crippen molar-refractivity contribution in [1.82, 2.24) is 9.80 Å². The minimum Gasteiger partial charge on any atom is -0.456 e. The molecular formula is C18H22N2O3. The summed E-state index contributed by atoms with van der Waals surface area (Å²) >= 11 is 0. The van der Waals surface area contributed by atoms with E-state index in [0.29, 0.717) is 25.4 Å². The SMILES string of the molecule is Cc1ccc(C(=O)N2CCN(CC(O)c3ccccc3)CC2)o1. The Balaban J connectivity index is 1.51. The van der Waals surface area contributed by atoms with Gasteiger partial charge in [-0.2, -0.15) is 0 Å². The summed E-state index contributed by atoms with van der Waals surface area (Å²) in [7, 11) is 0. The van der Waals surface area contributed by atoms with Gasteiger partial charge >= 0.3 is 0 Å². The normalized spacial score (nSPS) is 17.2. The number of aryl methyl sites for hydroxylation is 1. The van der Waals surface area contributed by atoms with Gasteiger partial charge in [0, 0.05) is 32.7 Å². The van der Waals surface area contributed by atoms with E-state index in [-0.39, 0.29) is 5.91 Å². The zero-order chi connectivity index (χ0) is 16.2. The van der Waals surface area contributed by atoms with Crippen LogP contribution in [0.1, 0.15) is 28.0 Å². The Bertz CT molecular complexity index is 645. The maximum atomic E-state index is 12.3. The Morgan fingerprint density at radius 3 is 2.43 bits per heavy atom. The van der Waals surface area contributed by atoms with Crippen molar-refractivity contribution in [3.05, 3.63) is 59.5 Å². The molecule has 3 rings (SSSR count). The average molecular weight is 314 g/mol. The minimum absolute atomic E-state index is 0.0543. The maximum Gasteiger partial charge on any atom is 0.289 e. The van der Waals surface area contributed by atoms with E-state index in [1.54, 1.807) is 12.1 Å². The molecule has 1 atom stereocenters. The van der Waals surface area contributed by atoms with Gasteiger partial charge in [-0.1, -0.05) is 30.3 Å². The number of carbonyl (C=O) groups is 1. The number of aliphatic hydroxyl groups is 1. The van der Waals surface area contributed by atoms with E-state index >= 15 is 0 Å². The number of hydrogen-bond acceptors (Lipinski definition) is 4. The number of rotatable bonds is 4. The Kier molecular flexibility index (Phi) is 4.79. The molecule has 5 heteroatoms. The fourth-order valence-corrected chi connectivity index (χ4v) is 2.86. The van der Waals surface area contributed by atoms with Crippen molar-refractivity contribution in [3.63, 3.8) is 0 Å². The van der Waals surface area contributed by atoms with Gasteiger partial charge in [0.2, 0.25) is 0 Å². The molecule has 0 saturated carbocycles. The van der Waals surface area contributed by atoms with Crippen LogP contribution in [-0.4, -0.2) is 53.5 Å². The molecule has 2 aromatic rings. The average Bonchev–Trinajstić information content (AvgIpc) is 3.02. The lowest BCUT2D eigenvalue weighted by Gasteiger charge is -2.35. The van der Waals surface area contributed by atoms with Crippen molar-refractivity contribution in [3.8, 4) is 0 Å². The number of aliphatic hydroxyl groups excluding tert-OH is 1. The van der Waals surface area contributed by atoms with Crippen LogP contribution in [-0.2, 0) is 0 Å². The topological polar surface area (TPSA) is 56.9 Å². The van der Waals surface area contributed by atoms with Gasteiger partial charge < -0.3 is 14.4 Å². The molecule has 1 aromatic carbocycles. The summed E-state index contributed by atoms with van der Waals surface area (Å²) < 4.78 is 5.40. The fraction of sp³-hybridized carbons (Fsp3) is 0.389. The first-order chi connectivity index (χ1) is 11.1. The van der Waals surface area contributed by atoms with Crippen molar-refractivity contribution >= 4 is 5.91 Å². The van der Waals surface area contributed by atoms with Gasteiger partial charge in [-0.15, -0.1) is 0 Å². The van der Waals surface area contributed by atoms with Crippen molar-refractivity contribution in [2.45, 2.75) is 13.0 Å². The molecule has 1 aromatic heterocycles. The summed E-state index contributed by atoms with van der Waals surface area (Å²) in [6.07, 6.45) is -0.494. The van der Waals surface area contributed by atoms with Crippen LogP contribution in [0.5, 0.6) is 0 Å². The molecule has 122 valence electrons. The number of benzene rings is 1. The molecule has 5 nitrogen and oxygen atoms in total. The van der Waals surface area contributed by atoms with Crippen LogP contribution in [0.15, 0.2) is 46.9 Å². The summed E-state index contributed by atoms with van der Waals surface area (Å²) in [4.78, 5) is 16.3. The van der Waals surface area contributed by atoms with Crippen LogP contribution in [0.2, 0.25) is 0 Å². The Labute approximate surface area is 136 Å². The van der Waals surface area contributed by atoms with Crippen molar-refractivity contribution in [2.75, 3.05) is 32.7 Å².